The van der Waals surface area contributed by atoms with Crippen LogP contribution in [0.25, 0.3) is 10.8 Å². The van der Waals surface area contributed by atoms with E-state index < -0.39 is 0 Å². The van der Waals surface area contributed by atoms with Crippen molar-refractivity contribution in [3.63, 3.8) is 0 Å². The summed E-state index contributed by atoms with van der Waals surface area (Å²) in [5, 5.41) is 8.96. The van der Waals surface area contributed by atoms with Gasteiger partial charge in [-0.3, -0.25) is 4.79 Å². The van der Waals surface area contributed by atoms with Crippen molar-refractivity contribution in [1.29, 1.82) is 0 Å². The summed E-state index contributed by atoms with van der Waals surface area (Å²) >= 11 is 0. The topological polar surface area (TPSA) is 86.5 Å². The number of amides is 1. The molecule has 1 aromatic heterocycles. The first kappa shape index (κ1) is 20.8. The molecule has 7 nitrogen and oxygen atoms in total. The summed E-state index contributed by atoms with van der Waals surface area (Å²) in [7, 11) is 0. The molecule has 1 heterocycles. The molecule has 0 atom stereocenters. The Kier molecular flexibility index (Phi) is 8.01. The van der Waals surface area contributed by atoms with E-state index in [9.17, 15) is 4.79 Å². The van der Waals surface area contributed by atoms with E-state index in [0.717, 1.165) is 29.4 Å². The Labute approximate surface area is 170 Å². The highest BCUT2D eigenvalue weighted by atomic mass is 16.5. The molecule has 3 aromatic rings. The van der Waals surface area contributed by atoms with Gasteiger partial charge in [0, 0.05) is 31.6 Å². The molecular formula is C22H27N3O4. The number of ether oxygens (including phenoxy) is 2. The molecule has 1 amide bonds. The largest absolute Gasteiger partial charge is 0.493 e. The third kappa shape index (κ3) is 6.57. The number of aromatic nitrogens is 2. The fraction of sp³-hybridized carbons (Fsp3) is 0.409. The maximum absolute atomic E-state index is 11.9. The van der Waals surface area contributed by atoms with Crippen LogP contribution in [0.4, 0.5) is 0 Å². The van der Waals surface area contributed by atoms with Gasteiger partial charge in [0.25, 0.3) is 0 Å². The van der Waals surface area contributed by atoms with Crippen LogP contribution in [0, 0.1) is 0 Å². The van der Waals surface area contributed by atoms with Gasteiger partial charge in [-0.15, -0.1) is 0 Å². The SMILES string of the molecule is CCOCCCNC(=O)Cc1noc(CCCOc2cccc3ccccc23)n1. The van der Waals surface area contributed by atoms with E-state index in [2.05, 4.69) is 33.7 Å². The molecule has 3 rings (SSSR count). The minimum absolute atomic E-state index is 0.116. The lowest BCUT2D eigenvalue weighted by atomic mass is 10.1. The Morgan fingerprint density at radius 1 is 1.10 bits per heavy atom. The predicted molar refractivity (Wildman–Crippen MR) is 110 cm³/mol. The van der Waals surface area contributed by atoms with Crippen molar-refractivity contribution in [3.8, 4) is 5.75 Å². The van der Waals surface area contributed by atoms with Crippen molar-refractivity contribution in [3.05, 3.63) is 54.2 Å². The molecule has 0 saturated carbocycles. The molecule has 0 saturated heterocycles. The average Bonchev–Trinajstić information content (AvgIpc) is 3.18. The molecule has 0 aliphatic carbocycles. The van der Waals surface area contributed by atoms with Gasteiger partial charge in [-0.1, -0.05) is 41.6 Å². The Hall–Kier alpha value is -2.93. The van der Waals surface area contributed by atoms with Gasteiger partial charge in [0.15, 0.2) is 5.82 Å². The second kappa shape index (κ2) is 11.2. The lowest BCUT2D eigenvalue weighted by Gasteiger charge is -2.08. The molecule has 0 aliphatic rings. The molecule has 1 N–H and O–H groups in total. The van der Waals surface area contributed by atoms with Gasteiger partial charge >= 0.3 is 0 Å². The highest BCUT2D eigenvalue weighted by Crippen LogP contribution is 2.25. The molecule has 0 radical (unpaired) electrons. The van der Waals surface area contributed by atoms with Gasteiger partial charge in [-0.05, 0) is 31.2 Å². The fourth-order valence-corrected chi connectivity index (χ4v) is 2.94. The fourth-order valence-electron chi connectivity index (χ4n) is 2.94. The monoisotopic (exact) mass is 397 g/mol. The second-order valence-corrected chi connectivity index (χ2v) is 6.61. The Balaban J connectivity index is 1.37. The first-order valence-corrected chi connectivity index (χ1v) is 10.0. The first-order chi connectivity index (χ1) is 14.3. The summed E-state index contributed by atoms with van der Waals surface area (Å²) in [5.41, 5.74) is 0. The third-order valence-electron chi connectivity index (χ3n) is 4.36. The Bertz CT molecular complexity index is 904. The summed E-state index contributed by atoms with van der Waals surface area (Å²) in [6, 6.07) is 14.2. The van der Waals surface area contributed by atoms with Gasteiger partial charge < -0.3 is 19.3 Å². The van der Waals surface area contributed by atoms with E-state index in [1.54, 1.807) is 0 Å². The smallest absolute Gasteiger partial charge is 0.227 e. The number of carbonyl (C=O) groups is 1. The Morgan fingerprint density at radius 2 is 1.97 bits per heavy atom. The summed E-state index contributed by atoms with van der Waals surface area (Å²) in [5.74, 6) is 1.67. The van der Waals surface area contributed by atoms with Crippen molar-refractivity contribution in [2.75, 3.05) is 26.4 Å². The number of rotatable bonds is 12. The zero-order chi connectivity index (χ0) is 20.3. The highest BCUT2D eigenvalue weighted by molar-refractivity contribution is 5.88. The molecule has 7 heteroatoms. The lowest BCUT2D eigenvalue weighted by molar-refractivity contribution is -0.120. The minimum Gasteiger partial charge on any atom is -0.493 e. The van der Waals surface area contributed by atoms with Gasteiger partial charge in [0.1, 0.15) is 5.75 Å². The van der Waals surface area contributed by atoms with Crippen LogP contribution in [0.3, 0.4) is 0 Å². The maximum Gasteiger partial charge on any atom is 0.227 e. The number of hydrogen-bond acceptors (Lipinski definition) is 6. The van der Waals surface area contributed by atoms with Crippen molar-refractivity contribution < 1.29 is 18.8 Å². The number of benzene rings is 2. The van der Waals surface area contributed by atoms with E-state index in [-0.39, 0.29) is 12.3 Å². The minimum atomic E-state index is -0.117. The van der Waals surface area contributed by atoms with Gasteiger partial charge in [-0.2, -0.15) is 4.98 Å². The van der Waals surface area contributed by atoms with E-state index >= 15 is 0 Å². The molecule has 0 spiro atoms. The van der Waals surface area contributed by atoms with E-state index in [4.69, 9.17) is 14.0 Å². The van der Waals surface area contributed by atoms with Crippen LogP contribution in [0.15, 0.2) is 47.0 Å². The highest BCUT2D eigenvalue weighted by Gasteiger charge is 2.11. The quantitative estimate of drug-likeness (QED) is 0.472. The summed E-state index contributed by atoms with van der Waals surface area (Å²) in [4.78, 5) is 16.2. The molecule has 0 bridgehead atoms. The number of carbonyl (C=O) groups excluding carboxylic acids is 1. The van der Waals surface area contributed by atoms with Crippen LogP contribution in [0.5, 0.6) is 5.75 Å². The van der Waals surface area contributed by atoms with Gasteiger partial charge in [0.05, 0.1) is 13.0 Å². The molecule has 0 unspecified atom stereocenters. The maximum atomic E-state index is 11.9. The Morgan fingerprint density at radius 3 is 2.86 bits per heavy atom. The lowest BCUT2D eigenvalue weighted by Crippen LogP contribution is -2.27. The van der Waals surface area contributed by atoms with Crippen LogP contribution in [0.2, 0.25) is 0 Å². The molecule has 0 fully saturated rings. The predicted octanol–water partition coefficient (Wildman–Crippen LogP) is 3.32. The summed E-state index contributed by atoms with van der Waals surface area (Å²) in [6.45, 7) is 4.40. The average molecular weight is 397 g/mol. The number of nitrogens with one attached hydrogen (secondary N) is 1. The van der Waals surface area contributed by atoms with Crippen LogP contribution in [-0.4, -0.2) is 42.4 Å². The molecule has 2 aromatic carbocycles. The summed E-state index contributed by atoms with van der Waals surface area (Å²) < 4.78 is 16.4. The zero-order valence-corrected chi connectivity index (χ0v) is 16.7. The van der Waals surface area contributed by atoms with E-state index in [1.807, 2.05) is 31.2 Å². The van der Waals surface area contributed by atoms with Crippen LogP contribution in [-0.2, 0) is 22.4 Å². The zero-order valence-electron chi connectivity index (χ0n) is 16.7. The van der Waals surface area contributed by atoms with E-state index in [0.29, 0.717) is 44.5 Å². The summed E-state index contributed by atoms with van der Waals surface area (Å²) in [6.07, 6.45) is 2.25. The third-order valence-corrected chi connectivity index (χ3v) is 4.36. The number of nitrogens with zero attached hydrogens (tertiary/aromatic N) is 2. The van der Waals surface area contributed by atoms with Gasteiger partial charge in [0.2, 0.25) is 11.8 Å². The number of fused-ring (bicyclic) bond motifs is 1. The standard InChI is InChI=1S/C22H27N3O4/c1-2-27-14-7-13-23-21(26)16-20-24-22(29-25-20)12-6-15-28-19-11-5-9-17-8-3-4-10-18(17)19/h3-5,8-11H,2,6-7,12-16H2,1H3,(H,23,26). The molecular weight excluding hydrogens is 370 g/mol. The second-order valence-electron chi connectivity index (χ2n) is 6.61. The van der Waals surface area contributed by atoms with Gasteiger partial charge in [-0.25, -0.2) is 0 Å². The van der Waals surface area contributed by atoms with E-state index in [1.165, 1.54) is 0 Å². The van der Waals surface area contributed by atoms with Crippen LogP contribution < -0.4 is 10.1 Å². The molecule has 0 aliphatic heterocycles. The van der Waals surface area contributed by atoms with Crippen molar-refractivity contribution in [2.45, 2.75) is 32.6 Å². The van der Waals surface area contributed by atoms with Crippen LogP contribution in [0.1, 0.15) is 31.5 Å². The number of aryl methyl sites for hydroxylation is 1. The van der Waals surface area contributed by atoms with Crippen molar-refractivity contribution in [2.24, 2.45) is 0 Å². The molecule has 154 valence electrons. The van der Waals surface area contributed by atoms with Crippen LogP contribution >= 0.6 is 0 Å². The normalized spacial score (nSPS) is 10.9. The first-order valence-electron chi connectivity index (χ1n) is 10.0. The number of hydrogen-bond donors (Lipinski definition) is 1. The van der Waals surface area contributed by atoms with Crippen molar-refractivity contribution >= 4 is 16.7 Å². The molecule has 29 heavy (non-hydrogen) atoms. The van der Waals surface area contributed by atoms with Crippen molar-refractivity contribution in [1.82, 2.24) is 15.5 Å².